The summed E-state index contributed by atoms with van der Waals surface area (Å²) in [6.07, 6.45) is 5.34. The third-order valence-corrected chi connectivity index (χ3v) is 6.65. The van der Waals surface area contributed by atoms with Gasteiger partial charge >= 0.3 is 0 Å². The van der Waals surface area contributed by atoms with Crippen molar-refractivity contribution in [2.24, 2.45) is 0 Å². The van der Waals surface area contributed by atoms with E-state index < -0.39 is 6.04 Å². The van der Waals surface area contributed by atoms with Crippen molar-refractivity contribution in [3.05, 3.63) is 57.1 Å². The molecule has 0 unspecified atom stereocenters. The summed E-state index contributed by atoms with van der Waals surface area (Å²) in [5.41, 5.74) is 0.232. The molecule has 7 nitrogen and oxygen atoms in total. The van der Waals surface area contributed by atoms with Gasteiger partial charge in [-0.3, -0.25) is 9.59 Å². The van der Waals surface area contributed by atoms with Crippen molar-refractivity contribution in [3.8, 4) is 0 Å². The lowest BCUT2D eigenvalue weighted by molar-refractivity contribution is -0.127. The average molecular weight is 445 g/mol. The van der Waals surface area contributed by atoms with Crippen LogP contribution in [0.5, 0.6) is 0 Å². The number of nitrogens with zero attached hydrogens (tertiary/aromatic N) is 3. The van der Waals surface area contributed by atoms with Gasteiger partial charge in [-0.2, -0.15) is 0 Å². The van der Waals surface area contributed by atoms with Crippen molar-refractivity contribution in [1.82, 2.24) is 19.8 Å². The zero-order chi connectivity index (χ0) is 20.9. The molecule has 0 aliphatic heterocycles. The molecule has 1 saturated carbocycles. The predicted octanol–water partition coefficient (Wildman–Crippen LogP) is 4.33. The molecule has 1 atom stereocenters. The predicted molar refractivity (Wildman–Crippen MR) is 115 cm³/mol. The van der Waals surface area contributed by atoms with Crippen LogP contribution < -0.4 is 5.32 Å². The van der Waals surface area contributed by atoms with Crippen LogP contribution in [0.2, 0.25) is 0 Å². The van der Waals surface area contributed by atoms with Gasteiger partial charge in [0.2, 0.25) is 0 Å². The van der Waals surface area contributed by atoms with Crippen LogP contribution in [0.4, 0.5) is 0 Å². The van der Waals surface area contributed by atoms with Gasteiger partial charge in [0.05, 0.1) is 6.54 Å². The minimum absolute atomic E-state index is 0.129. The molecule has 1 aliphatic rings. The topological polar surface area (TPSA) is 88.3 Å². The summed E-state index contributed by atoms with van der Waals surface area (Å²) >= 11 is 2.65. The Bertz CT molecular complexity index is 962. The van der Waals surface area contributed by atoms with E-state index in [4.69, 9.17) is 4.42 Å². The van der Waals surface area contributed by atoms with Crippen molar-refractivity contribution < 1.29 is 14.0 Å². The number of amides is 2. The Morgan fingerprint density at radius 3 is 2.73 bits per heavy atom. The van der Waals surface area contributed by atoms with E-state index in [1.807, 2.05) is 30.5 Å². The molecular formula is C21H24N4O3S2. The van der Waals surface area contributed by atoms with E-state index in [1.165, 1.54) is 6.42 Å². The van der Waals surface area contributed by atoms with Gasteiger partial charge in [0.1, 0.15) is 11.5 Å². The van der Waals surface area contributed by atoms with Crippen LogP contribution in [0, 0.1) is 6.92 Å². The second-order valence-corrected chi connectivity index (χ2v) is 9.14. The Morgan fingerprint density at radius 2 is 2.10 bits per heavy atom. The van der Waals surface area contributed by atoms with Gasteiger partial charge in [0.25, 0.3) is 11.8 Å². The summed E-state index contributed by atoms with van der Waals surface area (Å²) in [6.45, 7) is 2.12. The van der Waals surface area contributed by atoms with Crippen molar-refractivity contribution in [2.45, 2.75) is 57.7 Å². The van der Waals surface area contributed by atoms with E-state index in [9.17, 15) is 9.59 Å². The number of aromatic nitrogens is 2. The standard InChI is InChI=1S/C21H24N4O3S2/c1-14-9-10-18(28-14)19(20(26)22-15-6-3-2-4-7-15)25(12-16-8-5-11-29-16)21(27)17-13-30-24-23-17/h5,8-11,13,15,19H,2-4,6-7,12H2,1H3,(H,22,26)/t19-/m0/s1. The lowest BCUT2D eigenvalue weighted by Crippen LogP contribution is -2.46. The summed E-state index contributed by atoms with van der Waals surface area (Å²) in [5, 5.41) is 10.7. The average Bonchev–Trinajstić information content (AvgIpc) is 3.51. The fourth-order valence-corrected chi connectivity index (χ4v) is 4.94. The molecule has 1 N–H and O–H groups in total. The highest BCUT2D eigenvalue weighted by atomic mass is 32.1. The molecule has 0 spiro atoms. The maximum Gasteiger partial charge on any atom is 0.276 e. The first kappa shape index (κ1) is 20.7. The highest BCUT2D eigenvalue weighted by Crippen LogP contribution is 2.29. The normalized spacial score (nSPS) is 15.6. The largest absolute Gasteiger partial charge is 0.464 e. The highest BCUT2D eigenvalue weighted by Gasteiger charge is 2.36. The van der Waals surface area contributed by atoms with Gasteiger partial charge in [0.15, 0.2) is 11.7 Å². The number of nitrogens with one attached hydrogen (secondary N) is 1. The molecule has 1 aliphatic carbocycles. The second kappa shape index (κ2) is 9.53. The quantitative estimate of drug-likeness (QED) is 0.586. The first-order valence-corrected chi connectivity index (χ1v) is 11.8. The summed E-state index contributed by atoms with van der Waals surface area (Å²) in [7, 11) is 0. The number of furan rings is 1. The monoisotopic (exact) mass is 444 g/mol. The van der Waals surface area contributed by atoms with E-state index in [0.717, 1.165) is 42.1 Å². The summed E-state index contributed by atoms with van der Waals surface area (Å²) in [6, 6.07) is 6.72. The van der Waals surface area contributed by atoms with E-state index in [2.05, 4.69) is 14.9 Å². The van der Waals surface area contributed by atoms with Gasteiger partial charge in [-0.15, -0.1) is 16.4 Å². The van der Waals surface area contributed by atoms with Gasteiger partial charge in [0, 0.05) is 16.3 Å². The molecule has 30 heavy (non-hydrogen) atoms. The van der Waals surface area contributed by atoms with Crippen LogP contribution in [-0.4, -0.2) is 32.3 Å². The molecule has 0 aromatic carbocycles. The van der Waals surface area contributed by atoms with Gasteiger partial charge < -0.3 is 14.6 Å². The maximum atomic E-state index is 13.5. The van der Waals surface area contributed by atoms with E-state index >= 15 is 0 Å². The molecule has 3 aromatic heterocycles. The lowest BCUT2D eigenvalue weighted by atomic mass is 9.95. The molecule has 0 radical (unpaired) electrons. The zero-order valence-corrected chi connectivity index (χ0v) is 18.4. The van der Waals surface area contributed by atoms with Crippen molar-refractivity contribution in [3.63, 3.8) is 0 Å². The molecule has 158 valence electrons. The minimum atomic E-state index is -0.878. The fourth-order valence-electron chi connectivity index (χ4n) is 3.81. The van der Waals surface area contributed by atoms with Crippen molar-refractivity contribution in [1.29, 1.82) is 0 Å². The van der Waals surface area contributed by atoms with Crippen molar-refractivity contribution in [2.75, 3.05) is 0 Å². The molecule has 3 heterocycles. The van der Waals surface area contributed by atoms with E-state index in [-0.39, 0.29) is 30.1 Å². The van der Waals surface area contributed by atoms with Crippen LogP contribution in [-0.2, 0) is 11.3 Å². The first-order chi connectivity index (χ1) is 14.6. The molecular weight excluding hydrogens is 420 g/mol. The molecule has 4 rings (SSSR count). The molecule has 0 saturated heterocycles. The van der Waals surface area contributed by atoms with Crippen LogP contribution in [0.25, 0.3) is 0 Å². The summed E-state index contributed by atoms with van der Waals surface area (Å²) in [5.74, 6) is 0.590. The number of hydrogen-bond donors (Lipinski definition) is 1. The number of rotatable bonds is 7. The van der Waals surface area contributed by atoms with Crippen LogP contribution in [0.1, 0.15) is 65.0 Å². The maximum absolute atomic E-state index is 13.5. The first-order valence-electron chi connectivity index (χ1n) is 10.1. The second-order valence-electron chi connectivity index (χ2n) is 7.50. The number of thiophene rings is 1. The van der Waals surface area contributed by atoms with Crippen molar-refractivity contribution >= 4 is 34.7 Å². The molecule has 0 bridgehead atoms. The Hall–Kier alpha value is -2.52. The van der Waals surface area contributed by atoms with Crippen LogP contribution >= 0.6 is 22.9 Å². The van der Waals surface area contributed by atoms with E-state index in [0.29, 0.717) is 11.5 Å². The van der Waals surface area contributed by atoms with Gasteiger partial charge in [-0.05, 0) is 54.9 Å². The fraction of sp³-hybridized carbons (Fsp3) is 0.429. The number of aryl methyl sites for hydroxylation is 1. The number of hydrogen-bond acceptors (Lipinski definition) is 7. The summed E-state index contributed by atoms with van der Waals surface area (Å²) in [4.78, 5) is 29.4. The van der Waals surface area contributed by atoms with E-state index in [1.54, 1.807) is 27.7 Å². The molecule has 2 amide bonds. The molecule has 9 heteroatoms. The minimum Gasteiger partial charge on any atom is -0.464 e. The Morgan fingerprint density at radius 1 is 1.27 bits per heavy atom. The van der Waals surface area contributed by atoms with Crippen LogP contribution in [0.3, 0.4) is 0 Å². The number of carbonyl (C=O) groups is 2. The third kappa shape index (κ3) is 4.79. The Balaban J connectivity index is 1.68. The summed E-state index contributed by atoms with van der Waals surface area (Å²) < 4.78 is 9.66. The molecule has 3 aromatic rings. The highest BCUT2D eigenvalue weighted by molar-refractivity contribution is 7.09. The smallest absolute Gasteiger partial charge is 0.276 e. The third-order valence-electron chi connectivity index (χ3n) is 5.29. The van der Waals surface area contributed by atoms with Crippen LogP contribution in [0.15, 0.2) is 39.4 Å². The lowest BCUT2D eigenvalue weighted by Gasteiger charge is -2.31. The Kier molecular flexibility index (Phi) is 6.59. The SMILES string of the molecule is Cc1ccc([C@@H](C(=O)NC2CCCCC2)N(Cc2cccs2)C(=O)c2csnn2)o1. The number of carbonyl (C=O) groups excluding carboxylic acids is 2. The van der Waals surface area contributed by atoms with Gasteiger partial charge in [-0.1, -0.05) is 29.8 Å². The molecule has 1 fully saturated rings. The zero-order valence-electron chi connectivity index (χ0n) is 16.7. The van der Waals surface area contributed by atoms with Gasteiger partial charge in [-0.25, -0.2) is 0 Å². The Labute approximate surface area is 183 Å².